The molecule has 1 aromatic heterocycles. The van der Waals surface area contributed by atoms with Gasteiger partial charge in [0.15, 0.2) is 0 Å². The van der Waals surface area contributed by atoms with Crippen LogP contribution in [0, 0.1) is 0 Å². The van der Waals surface area contributed by atoms with Crippen molar-refractivity contribution in [1.29, 1.82) is 0 Å². The van der Waals surface area contributed by atoms with Crippen LogP contribution < -0.4 is 4.90 Å². The van der Waals surface area contributed by atoms with E-state index in [0.717, 1.165) is 50.2 Å². The highest BCUT2D eigenvalue weighted by atomic mass is 16.5. The number of piperazine rings is 1. The normalized spacial score (nSPS) is 22.0. The maximum atomic E-state index is 14.2. The second-order valence-corrected chi connectivity index (χ2v) is 9.28. The van der Waals surface area contributed by atoms with Gasteiger partial charge in [-0.2, -0.15) is 0 Å². The van der Waals surface area contributed by atoms with Crippen molar-refractivity contribution in [1.82, 2.24) is 14.8 Å². The molecule has 0 radical (unpaired) electrons. The Hall–Kier alpha value is -2.93. The first-order chi connectivity index (χ1) is 16.2. The Labute approximate surface area is 195 Å². The third kappa shape index (κ3) is 3.78. The van der Waals surface area contributed by atoms with Crippen LogP contribution in [-0.2, 0) is 9.53 Å². The second kappa shape index (κ2) is 9.14. The monoisotopic (exact) mass is 448 g/mol. The van der Waals surface area contributed by atoms with Gasteiger partial charge in [0, 0.05) is 51.6 Å². The molecule has 1 saturated heterocycles. The fourth-order valence-electron chi connectivity index (χ4n) is 6.03. The zero-order valence-corrected chi connectivity index (χ0v) is 19.3. The van der Waals surface area contributed by atoms with Crippen molar-refractivity contribution in [3.8, 4) is 0 Å². The number of methoxy groups -OCH3 is 1. The molecule has 0 bridgehead atoms. The number of amides is 2. The standard InChI is InChI=1S/C26H32N4O3/c1-33-19-18-30-24(31)21-9-3-2-8-20(21)23(26(30)11-5-6-12-26)25(32)29-16-14-28(15-17-29)22-10-4-7-13-27-22/h2-4,7-10,13,23H,5-6,11-12,14-19H2,1H3/t23-/m1/s1. The van der Waals surface area contributed by atoms with E-state index in [0.29, 0.717) is 31.8 Å². The highest BCUT2D eigenvalue weighted by Crippen LogP contribution is 2.50. The minimum Gasteiger partial charge on any atom is -0.383 e. The van der Waals surface area contributed by atoms with Crippen molar-refractivity contribution in [2.75, 3.05) is 51.3 Å². The number of rotatable bonds is 5. The lowest BCUT2D eigenvalue weighted by Gasteiger charge is -2.51. The molecular weight excluding hydrogens is 416 g/mol. The predicted molar refractivity (Wildman–Crippen MR) is 126 cm³/mol. The smallest absolute Gasteiger partial charge is 0.254 e. The summed E-state index contributed by atoms with van der Waals surface area (Å²) in [5.74, 6) is 0.817. The lowest BCUT2D eigenvalue weighted by molar-refractivity contribution is -0.137. The molecule has 0 N–H and O–H groups in total. The average Bonchev–Trinajstić information content (AvgIpc) is 3.34. The number of nitrogens with zero attached hydrogens (tertiary/aromatic N) is 4. The molecule has 1 atom stereocenters. The van der Waals surface area contributed by atoms with Crippen molar-refractivity contribution in [3.63, 3.8) is 0 Å². The highest BCUT2D eigenvalue weighted by molar-refractivity contribution is 6.02. The SMILES string of the molecule is COCCN1C(=O)c2ccccc2[C@H](C(=O)N2CCN(c3ccccn3)CC2)C12CCCC2. The molecule has 2 fully saturated rings. The van der Waals surface area contributed by atoms with E-state index in [-0.39, 0.29) is 17.7 Å². The first-order valence-corrected chi connectivity index (χ1v) is 12.0. The fourth-order valence-corrected chi connectivity index (χ4v) is 6.03. The van der Waals surface area contributed by atoms with Crippen LogP contribution in [0.2, 0.25) is 0 Å². The topological polar surface area (TPSA) is 66.0 Å². The summed E-state index contributed by atoms with van der Waals surface area (Å²) in [6, 6.07) is 13.6. The molecule has 2 aliphatic heterocycles. The zero-order chi connectivity index (χ0) is 22.8. The Morgan fingerprint density at radius 1 is 1.06 bits per heavy atom. The number of hydrogen-bond donors (Lipinski definition) is 0. The minimum atomic E-state index is -0.459. The maximum Gasteiger partial charge on any atom is 0.254 e. The van der Waals surface area contributed by atoms with E-state index in [2.05, 4.69) is 9.88 Å². The molecule has 1 spiro atoms. The molecule has 0 unspecified atom stereocenters. The summed E-state index contributed by atoms with van der Waals surface area (Å²) in [6.07, 6.45) is 5.61. The number of aromatic nitrogens is 1. The van der Waals surface area contributed by atoms with Crippen LogP contribution >= 0.6 is 0 Å². The summed E-state index contributed by atoms with van der Waals surface area (Å²) in [6.45, 7) is 3.83. The first kappa shape index (κ1) is 21.9. The van der Waals surface area contributed by atoms with Gasteiger partial charge in [0.1, 0.15) is 5.82 Å². The Morgan fingerprint density at radius 3 is 2.48 bits per heavy atom. The summed E-state index contributed by atoms with van der Waals surface area (Å²) in [5.41, 5.74) is 1.10. The fraction of sp³-hybridized carbons (Fsp3) is 0.500. The lowest BCUT2D eigenvalue weighted by atomic mass is 9.70. The Bertz CT molecular complexity index is 998. The molecule has 3 heterocycles. The lowest BCUT2D eigenvalue weighted by Crippen LogP contribution is -2.62. The number of carbonyl (C=O) groups is 2. The Balaban J connectivity index is 1.45. The molecule has 1 saturated carbocycles. The van der Waals surface area contributed by atoms with E-state index in [1.54, 1.807) is 13.3 Å². The van der Waals surface area contributed by atoms with Gasteiger partial charge in [-0.15, -0.1) is 0 Å². The van der Waals surface area contributed by atoms with Crippen LogP contribution in [0.15, 0.2) is 48.7 Å². The molecule has 7 heteroatoms. The molecule has 3 aliphatic rings. The largest absolute Gasteiger partial charge is 0.383 e. The van der Waals surface area contributed by atoms with Gasteiger partial charge in [0.2, 0.25) is 5.91 Å². The van der Waals surface area contributed by atoms with Gasteiger partial charge in [-0.3, -0.25) is 9.59 Å². The summed E-state index contributed by atoms with van der Waals surface area (Å²) >= 11 is 0. The van der Waals surface area contributed by atoms with Gasteiger partial charge < -0.3 is 19.4 Å². The number of carbonyl (C=O) groups excluding carboxylic acids is 2. The Morgan fingerprint density at radius 2 is 1.79 bits per heavy atom. The van der Waals surface area contributed by atoms with E-state index in [1.165, 1.54) is 0 Å². The molecule has 33 heavy (non-hydrogen) atoms. The third-order valence-electron chi connectivity index (χ3n) is 7.62. The summed E-state index contributed by atoms with van der Waals surface area (Å²) in [5, 5.41) is 0. The number of fused-ring (bicyclic) bond motifs is 1. The molecule has 7 nitrogen and oxygen atoms in total. The number of pyridine rings is 1. The second-order valence-electron chi connectivity index (χ2n) is 9.28. The van der Waals surface area contributed by atoms with Crippen molar-refractivity contribution in [2.24, 2.45) is 0 Å². The summed E-state index contributed by atoms with van der Waals surface area (Å²) < 4.78 is 5.35. The van der Waals surface area contributed by atoms with Crippen LogP contribution in [0.3, 0.4) is 0 Å². The molecule has 1 aromatic carbocycles. The number of benzene rings is 1. The van der Waals surface area contributed by atoms with Gasteiger partial charge in [0.25, 0.3) is 5.91 Å². The van der Waals surface area contributed by atoms with E-state index < -0.39 is 5.54 Å². The molecule has 5 rings (SSSR count). The van der Waals surface area contributed by atoms with E-state index in [4.69, 9.17) is 4.74 Å². The van der Waals surface area contributed by atoms with Crippen molar-refractivity contribution in [2.45, 2.75) is 37.1 Å². The average molecular weight is 449 g/mol. The zero-order valence-electron chi connectivity index (χ0n) is 19.3. The molecular formula is C26H32N4O3. The quantitative estimate of drug-likeness (QED) is 0.704. The highest BCUT2D eigenvalue weighted by Gasteiger charge is 2.56. The van der Waals surface area contributed by atoms with Crippen LogP contribution in [0.4, 0.5) is 5.82 Å². The molecule has 174 valence electrons. The molecule has 1 aliphatic carbocycles. The van der Waals surface area contributed by atoms with Gasteiger partial charge in [-0.1, -0.05) is 37.1 Å². The summed E-state index contributed by atoms with van der Waals surface area (Å²) in [7, 11) is 1.66. The van der Waals surface area contributed by atoms with Crippen LogP contribution in [0.1, 0.15) is 47.5 Å². The minimum absolute atomic E-state index is 0.0357. The van der Waals surface area contributed by atoms with Crippen molar-refractivity contribution in [3.05, 3.63) is 59.8 Å². The maximum absolute atomic E-state index is 14.2. The molecule has 2 aromatic rings. The van der Waals surface area contributed by atoms with Crippen molar-refractivity contribution < 1.29 is 14.3 Å². The van der Waals surface area contributed by atoms with Crippen LogP contribution in [0.25, 0.3) is 0 Å². The predicted octanol–water partition coefficient (Wildman–Crippen LogP) is 2.93. The van der Waals surface area contributed by atoms with Crippen LogP contribution in [0.5, 0.6) is 0 Å². The van der Waals surface area contributed by atoms with Gasteiger partial charge in [-0.25, -0.2) is 4.98 Å². The van der Waals surface area contributed by atoms with E-state index in [9.17, 15) is 9.59 Å². The van der Waals surface area contributed by atoms with Gasteiger partial charge >= 0.3 is 0 Å². The van der Waals surface area contributed by atoms with Crippen LogP contribution in [-0.4, -0.2) is 78.6 Å². The Kier molecular flexibility index (Phi) is 6.06. The molecule has 2 amide bonds. The number of ether oxygens (including phenoxy) is 1. The summed E-state index contributed by atoms with van der Waals surface area (Å²) in [4.78, 5) is 38.4. The van der Waals surface area contributed by atoms with E-state index in [1.807, 2.05) is 52.3 Å². The van der Waals surface area contributed by atoms with Gasteiger partial charge in [0.05, 0.1) is 18.1 Å². The van der Waals surface area contributed by atoms with E-state index >= 15 is 0 Å². The number of anilines is 1. The third-order valence-corrected chi connectivity index (χ3v) is 7.62. The first-order valence-electron chi connectivity index (χ1n) is 12.0. The van der Waals surface area contributed by atoms with Gasteiger partial charge in [-0.05, 0) is 36.6 Å². The van der Waals surface area contributed by atoms with Crippen molar-refractivity contribution >= 4 is 17.6 Å². The number of hydrogen-bond acceptors (Lipinski definition) is 5.